The number of hydrogen-bond donors (Lipinski definition) is 1. The second-order valence-electron chi connectivity index (χ2n) is 4.64. The molecule has 0 saturated carbocycles. The molecule has 1 atom stereocenters. The second-order valence-corrected chi connectivity index (χ2v) is 9.88. The Morgan fingerprint density at radius 2 is 1.90 bits per heavy atom. The number of sulfone groups is 2. The van der Waals surface area contributed by atoms with Crippen molar-refractivity contribution in [3.8, 4) is 0 Å². The van der Waals surface area contributed by atoms with Crippen molar-refractivity contribution < 1.29 is 26.7 Å². The molecule has 1 aromatic rings. The number of rotatable bonds is 3. The van der Waals surface area contributed by atoms with Gasteiger partial charge in [0.2, 0.25) is 0 Å². The summed E-state index contributed by atoms with van der Waals surface area (Å²) in [5.74, 6) is -2.14. The summed E-state index contributed by atoms with van der Waals surface area (Å²) in [6, 6.07) is 2.08. The zero-order valence-electron chi connectivity index (χ0n) is 10.4. The van der Waals surface area contributed by atoms with E-state index in [2.05, 4.69) is 0 Å². The minimum atomic E-state index is -4.08. The third-order valence-corrected chi connectivity index (χ3v) is 8.10. The highest BCUT2D eigenvalue weighted by Gasteiger charge is 2.39. The maximum Gasteiger partial charge on any atom is 0.337 e. The van der Waals surface area contributed by atoms with Gasteiger partial charge in [-0.1, -0.05) is 23.2 Å². The maximum absolute atomic E-state index is 12.5. The first-order valence-electron chi connectivity index (χ1n) is 5.71. The lowest BCUT2D eigenvalue weighted by molar-refractivity contribution is 0.0697. The van der Waals surface area contributed by atoms with E-state index in [1.807, 2.05) is 0 Å². The van der Waals surface area contributed by atoms with Gasteiger partial charge in [0.05, 0.1) is 32.2 Å². The number of carbonyl (C=O) groups is 1. The zero-order chi connectivity index (χ0) is 16.0. The minimum Gasteiger partial charge on any atom is -0.478 e. The van der Waals surface area contributed by atoms with Crippen LogP contribution in [0.5, 0.6) is 0 Å². The van der Waals surface area contributed by atoms with Gasteiger partial charge in [0, 0.05) is 5.02 Å². The summed E-state index contributed by atoms with van der Waals surface area (Å²) in [6.07, 6.45) is -0.0457. The van der Waals surface area contributed by atoms with E-state index in [-0.39, 0.29) is 17.2 Å². The Bertz CT molecular complexity index is 813. The first kappa shape index (κ1) is 16.5. The molecule has 21 heavy (non-hydrogen) atoms. The smallest absolute Gasteiger partial charge is 0.337 e. The number of hydrogen-bond acceptors (Lipinski definition) is 5. The highest BCUT2D eigenvalue weighted by molar-refractivity contribution is 7.96. The van der Waals surface area contributed by atoms with E-state index in [9.17, 15) is 21.6 Å². The van der Waals surface area contributed by atoms with Crippen LogP contribution >= 0.6 is 23.2 Å². The maximum atomic E-state index is 12.5. The van der Waals surface area contributed by atoms with E-state index in [1.54, 1.807) is 0 Å². The van der Waals surface area contributed by atoms with Gasteiger partial charge in [-0.05, 0) is 18.6 Å². The molecule has 2 rings (SSSR count). The molecule has 116 valence electrons. The largest absolute Gasteiger partial charge is 0.478 e. The normalized spacial score (nSPS) is 21.3. The van der Waals surface area contributed by atoms with E-state index in [1.165, 1.54) is 0 Å². The molecule has 1 saturated heterocycles. The fraction of sp³-hybridized carbons (Fsp3) is 0.364. The number of benzene rings is 1. The number of carboxylic acid groups (broad SMARTS) is 1. The van der Waals surface area contributed by atoms with E-state index < -0.39 is 52.1 Å². The van der Waals surface area contributed by atoms with Crippen molar-refractivity contribution in [1.29, 1.82) is 0 Å². The van der Waals surface area contributed by atoms with Crippen LogP contribution in [0.3, 0.4) is 0 Å². The van der Waals surface area contributed by atoms with Gasteiger partial charge >= 0.3 is 5.97 Å². The van der Waals surface area contributed by atoms with Gasteiger partial charge in [0.15, 0.2) is 19.7 Å². The Kier molecular flexibility index (Phi) is 4.27. The third kappa shape index (κ3) is 3.18. The van der Waals surface area contributed by atoms with Crippen molar-refractivity contribution in [2.45, 2.75) is 16.6 Å². The van der Waals surface area contributed by atoms with Crippen LogP contribution in [-0.2, 0) is 19.7 Å². The Morgan fingerprint density at radius 1 is 1.29 bits per heavy atom. The van der Waals surface area contributed by atoms with Crippen LogP contribution in [0.4, 0.5) is 0 Å². The highest BCUT2D eigenvalue weighted by atomic mass is 35.5. The Balaban J connectivity index is 2.58. The predicted octanol–water partition coefficient (Wildman–Crippen LogP) is 1.65. The van der Waals surface area contributed by atoms with Crippen LogP contribution in [0, 0.1) is 0 Å². The first-order valence-corrected chi connectivity index (χ1v) is 9.83. The van der Waals surface area contributed by atoms with Crippen molar-refractivity contribution in [2.75, 3.05) is 11.5 Å². The van der Waals surface area contributed by atoms with Crippen LogP contribution in [0.25, 0.3) is 0 Å². The lowest BCUT2D eigenvalue weighted by atomic mass is 10.2. The van der Waals surface area contributed by atoms with Crippen molar-refractivity contribution in [3.05, 3.63) is 27.7 Å². The molecule has 1 aliphatic heterocycles. The number of halogens is 2. The summed E-state index contributed by atoms with van der Waals surface area (Å²) >= 11 is 11.6. The summed E-state index contributed by atoms with van der Waals surface area (Å²) in [7, 11) is -7.49. The number of aromatic carboxylic acids is 1. The van der Waals surface area contributed by atoms with Crippen molar-refractivity contribution >= 4 is 48.8 Å². The van der Waals surface area contributed by atoms with Crippen LogP contribution in [-0.4, -0.2) is 44.7 Å². The van der Waals surface area contributed by atoms with Crippen LogP contribution in [0.1, 0.15) is 16.8 Å². The van der Waals surface area contributed by atoms with Crippen molar-refractivity contribution in [3.63, 3.8) is 0 Å². The molecule has 1 fully saturated rings. The van der Waals surface area contributed by atoms with Crippen molar-refractivity contribution in [1.82, 2.24) is 0 Å². The molecule has 0 amide bonds. The van der Waals surface area contributed by atoms with E-state index >= 15 is 0 Å². The quantitative estimate of drug-likeness (QED) is 0.864. The molecule has 0 spiro atoms. The van der Waals surface area contributed by atoms with Gasteiger partial charge < -0.3 is 5.11 Å². The minimum absolute atomic E-state index is 0.0457. The van der Waals surface area contributed by atoms with Crippen LogP contribution < -0.4 is 0 Å². The van der Waals surface area contributed by atoms with Gasteiger partial charge in [-0.15, -0.1) is 0 Å². The molecule has 1 heterocycles. The topological polar surface area (TPSA) is 106 Å². The summed E-state index contributed by atoms with van der Waals surface area (Å²) in [4.78, 5) is 10.6. The SMILES string of the molecule is O=C(O)c1cc(Cl)cc(S(=O)(=O)C2CCS(=O)(=O)C2)c1Cl. The van der Waals surface area contributed by atoms with Crippen molar-refractivity contribution in [2.24, 2.45) is 0 Å². The highest BCUT2D eigenvalue weighted by Crippen LogP contribution is 2.34. The molecule has 10 heteroatoms. The first-order chi connectivity index (χ1) is 9.54. The molecular weight excluding hydrogens is 363 g/mol. The fourth-order valence-corrected chi connectivity index (χ4v) is 7.38. The molecule has 0 bridgehead atoms. The van der Waals surface area contributed by atoms with Gasteiger partial charge in [0.25, 0.3) is 0 Å². The molecule has 1 aliphatic rings. The molecule has 0 radical (unpaired) electrons. The molecule has 1 aromatic carbocycles. The van der Waals surface area contributed by atoms with E-state index in [0.29, 0.717) is 0 Å². The van der Waals surface area contributed by atoms with Crippen LogP contribution in [0.15, 0.2) is 17.0 Å². The monoisotopic (exact) mass is 372 g/mol. The summed E-state index contributed by atoms with van der Waals surface area (Å²) < 4.78 is 47.8. The van der Waals surface area contributed by atoms with Gasteiger partial charge in [-0.2, -0.15) is 0 Å². The molecular formula is C11H10Cl2O6S2. The third-order valence-electron chi connectivity index (χ3n) is 3.17. The molecule has 6 nitrogen and oxygen atoms in total. The predicted molar refractivity (Wildman–Crippen MR) is 77.7 cm³/mol. The summed E-state index contributed by atoms with van der Waals surface area (Å²) in [6.45, 7) is 0. The van der Waals surface area contributed by atoms with Gasteiger partial charge in [0.1, 0.15) is 0 Å². The van der Waals surface area contributed by atoms with Gasteiger partial charge in [-0.3, -0.25) is 0 Å². The van der Waals surface area contributed by atoms with Crippen LogP contribution in [0.2, 0.25) is 10.0 Å². The summed E-state index contributed by atoms with van der Waals surface area (Å²) in [5.41, 5.74) is -0.441. The lowest BCUT2D eigenvalue weighted by Crippen LogP contribution is -2.23. The van der Waals surface area contributed by atoms with E-state index in [4.69, 9.17) is 28.3 Å². The Morgan fingerprint density at radius 3 is 2.38 bits per heavy atom. The average molecular weight is 373 g/mol. The summed E-state index contributed by atoms with van der Waals surface area (Å²) in [5, 5.41) is 7.29. The zero-order valence-corrected chi connectivity index (χ0v) is 13.6. The van der Waals surface area contributed by atoms with E-state index in [0.717, 1.165) is 12.1 Å². The second kappa shape index (κ2) is 5.42. The standard InChI is InChI=1S/C11H10Cl2O6S2/c12-6-3-8(11(14)15)10(13)9(4-6)21(18,19)7-1-2-20(16,17)5-7/h3-4,7H,1-2,5H2,(H,14,15). The van der Waals surface area contributed by atoms with Gasteiger partial charge in [-0.25, -0.2) is 21.6 Å². The molecule has 1 N–H and O–H groups in total. The Hall–Kier alpha value is -0.830. The average Bonchev–Trinajstić information content (AvgIpc) is 2.72. The number of carboxylic acids is 1. The molecule has 1 unspecified atom stereocenters. The lowest BCUT2D eigenvalue weighted by Gasteiger charge is -2.13. The fourth-order valence-electron chi connectivity index (χ4n) is 2.11. The molecule has 0 aliphatic carbocycles. The Labute approximate surface area is 131 Å². The molecule has 0 aromatic heterocycles.